The number of nitrogens with zero attached hydrogens (tertiary/aromatic N) is 2. The van der Waals surface area contributed by atoms with Crippen LogP contribution in [0.3, 0.4) is 0 Å². The highest BCUT2D eigenvalue weighted by atomic mass is 79.9. The Morgan fingerprint density at radius 1 is 1.22 bits per heavy atom. The van der Waals surface area contributed by atoms with Crippen LogP contribution in [0.1, 0.15) is 31.1 Å². The Hall–Kier alpha value is -2.22. The minimum atomic E-state index is -0.811. The van der Waals surface area contributed by atoms with E-state index in [9.17, 15) is 19.2 Å². The standard InChI is InChI=1S/C19H23BrN3O4/c1-12(2)8-18(26)23-11-22(13(3)24)10-16(23)19(27)21-9-17(25)14-4-6-15(20)7-5-14/h4-8,12,16H,9-11H2,1-3H3,(H,21,27). The lowest BCUT2D eigenvalue weighted by atomic mass is 10.1. The van der Waals surface area contributed by atoms with Gasteiger partial charge in [0.15, 0.2) is 5.78 Å². The molecule has 1 radical (unpaired) electrons. The number of ketones is 1. The van der Waals surface area contributed by atoms with E-state index in [4.69, 9.17) is 0 Å². The zero-order valence-electron chi connectivity index (χ0n) is 15.6. The van der Waals surface area contributed by atoms with Crippen LogP contribution in [-0.4, -0.2) is 59.1 Å². The first-order valence-corrected chi connectivity index (χ1v) is 9.45. The first-order chi connectivity index (χ1) is 12.7. The maximum absolute atomic E-state index is 12.6. The van der Waals surface area contributed by atoms with Gasteiger partial charge < -0.3 is 15.1 Å². The molecule has 1 saturated heterocycles. The van der Waals surface area contributed by atoms with E-state index in [1.165, 1.54) is 23.1 Å². The highest BCUT2D eigenvalue weighted by Gasteiger charge is 2.39. The van der Waals surface area contributed by atoms with Crippen LogP contribution in [-0.2, 0) is 14.4 Å². The number of rotatable bonds is 6. The van der Waals surface area contributed by atoms with E-state index < -0.39 is 11.9 Å². The molecule has 2 rings (SSSR count). The molecule has 1 aliphatic rings. The molecule has 27 heavy (non-hydrogen) atoms. The second-order valence-electron chi connectivity index (χ2n) is 6.77. The van der Waals surface area contributed by atoms with Crippen molar-refractivity contribution < 1.29 is 19.2 Å². The number of benzene rings is 1. The second kappa shape index (κ2) is 9.12. The van der Waals surface area contributed by atoms with Gasteiger partial charge in [-0.05, 0) is 18.1 Å². The average molecular weight is 437 g/mol. The van der Waals surface area contributed by atoms with Gasteiger partial charge in [-0.25, -0.2) is 0 Å². The van der Waals surface area contributed by atoms with Crippen LogP contribution in [0.25, 0.3) is 0 Å². The van der Waals surface area contributed by atoms with Crippen LogP contribution >= 0.6 is 15.9 Å². The van der Waals surface area contributed by atoms with Gasteiger partial charge in [-0.1, -0.05) is 41.9 Å². The predicted molar refractivity (Wildman–Crippen MR) is 104 cm³/mol. The van der Waals surface area contributed by atoms with Gasteiger partial charge in [0.05, 0.1) is 26.2 Å². The van der Waals surface area contributed by atoms with E-state index in [-0.39, 0.29) is 43.3 Å². The van der Waals surface area contributed by atoms with Crippen LogP contribution in [0.4, 0.5) is 0 Å². The van der Waals surface area contributed by atoms with Crippen molar-refractivity contribution in [3.63, 3.8) is 0 Å². The van der Waals surface area contributed by atoms with Crippen molar-refractivity contribution in [1.29, 1.82) is 0 Å². The van der Waals surface area contributed by atoms with Gasteiger partial charge in [0.25, 0.3) is 0 Å². The summed E-state index contributed by atoms with van der Waals surface area (Å²) < 4.78 is 0.855. The molecule has 1 aromatic rings. The van der Waals surface area contributed by atoms with E-state index >= 15 is 0 Å². The summed E-state index contributed by atoms with van der Waals surface area (Å²) in [5.74, 6) is -1.17. The van der Waals surface area contributed by atoms with E-state index in [0.29, 0.717) is 5.56 Å². The molecule has 1 N–H and O–H groups in total. The van der Waals surface area contributed by atoms with Crippen LogP contribution in [0.2, 0.25) is 0 Å². The molecule has 1 unspecified atom stereocenters. The molecule has 0 saturated carbocycles. The van der Waals surface area contributed by atoms with Crippen molar-refractivity contribution >= 4 is 39.4 Å². The Morgan fingerprint density at radius 2 is 1.85 bits per heavy atom. The molecule has 3 amide bonds. The summed E-state index contributed by atoms with van der Waals surface area (Å²) in [6, 6.07) is 6.02. The molecule has 0 spiro atoms. The molecule has 0 bridgehead atoms. The summed E-state index contributed by atoms with van der Waals surface area (Å²) in [6.07, 6.45) is 1.51. The molecule has 145 valence electrons. The monoisotopic (exact) mass is 436 g/mol. The number of carbonyl (C=O) groups is 4. The Kier molecular flexibility index (Phi) is 7.12. The molecular formula is C19H23BrN3O4. The number of amides is 3. The summed E-state index contributed by atoms with van der Waals surface area (Å²) in [6.45, 7) is 5.13. The average Bonchev–Trinajstić information content (AvgIpc) is 3.05. The molecule has 1 heterocycles. The van der Waals surface area contributed by atoms with E-state index in [1.807, 2.05) is 13.8 Å². The van der Waals surface area contributed by atoms with Gasteiger partial charge in [-0.3, -0.25) is 19.2 Å². The van der Waals surface area contributed by atoms with E-state index in [1.54, 1.807) is 24.3 Å². The smallest absolute Gasteiger partial charge is 0.245 e. The van der Waals surface area contributed by atoms with Gasteiger partial charge in [0.2, 0.25) is 17.7 Å². The van der Waals surface area contributed by atoms with E-state index in [0.717, 1.165) is 4.47 Å². The number of hydrogen-bond donors (Lipinski definition) is 1. The summed E-state index contributed by atoms with van der Waals surface area (Å²) in [7, 11) is 0. The van der Waals surface area contributed by atoms with Crippen molar-refractivity contribution in [2.45, 2.75) is 26.8 Å². The zero-order chi connectivity index (χ0) is 20.1. The van der Waals surface area contributed by atoms with Crippen molar-refractivity contribution in [2.75, 3.05) is 19.8 Å². The maximum atomic E-state index is 12.6. The lowest BCUT2D eigenvalue weighted by molar-refractivity contribution is -0.136. The molecule has 0 aliphatic carbocycles. The van der Waals surface area contributed by atoms with Gasteiger partial charge in [-0.15, -0.1) is 0 Å². The van der Waals surface area contributed by atoms with Crippen LogP contribution < -0.4 is 5.32 Å². The van der Waals surface area contributed by atoms with Gasteiger partial charge >= 0.3 is 0 Å². The third-order valence-electron chi connectivity index (χ3n) is 4.19. The molecular weight excluding hydrogens is 414 g/mol. The van der Waals surface area contributed by atoms with Crippen molar-refractivity contribution in [3.05, 3.63) is 40.7 Å². The fourth-order valence-corrected chi connectivity index (χ4v) is 2.99. The summed E-state index contributed by atoms with van der Waals surface area (Å²) in [5, 5.41) is 2.59. The Balaban J connectivity index is 2.02. The number of halogens is 1. The summed E-state index contributed by atoms with van der Waals surface area (Å²) in [4.78, 5) is 51.7. The van der Waals surface area contributed by atoms with Crippen molar-refractivity contribution in [3.8, 4) is 0 Å². The quantitative estimate of drug-likeness (QED) is 0.686. The van der Waals surface area contributed by atoms with Crippen LogP contribution in [0, 0.1) is 12.3 Å². The third kappa shape index (κ3) is 5.63. The minimum absolute atomic E-state index is 0.0200. The predicted octanol–water partition coefficient (Wildman–Crippen LogP) is 1.63. The fourth-order valence-electron chi connectivity index (χ4n) is 2.73. The Morgan fingerprint density at radius 3 is 2.41 bits per heavy atom. The Bertz CT molecular complexity index is 733. The highest BCUT2D eigenvalue weighted by Crippen LogP contribution is 2.17. The summed E-state index contributed by atoms with van der Waals surface area (Å²) >= 11 is 3.30. The number of Topliss-reactive ketones (excluding diaryl/α,β-unsaturated/α-hetero) is 1. The first-order valence-electron chi connectivity index (χ1n) is 8.66. The third-order valence-corrected chi connectivity index (χ3v) is 4.72. The normalized spacial score (nSPS) is 16.6. The number of carbonyl (C=O) groups excluding carboxylic acids is 4. The SMILES string of the molecule is CC(=O)N1CC(C(=O)NCC(=O)c2ccc(Br)cc2)N(C(=O)[CH]C(C)C)C1. The lowest BCUT2D eigenvalue weighted by Gasteiger charge is -2.23. The zero-order valence-corrected chi connectivity index (χ0v) is 17.2. The fraction of sp³-hybridized carbons (Fsp3) is 0.421. The molecule has 1 aromatic carbocycles. The van der Waals surface area contributed by atoms with Gasteiger partial charge in [-0.2, -0.15) is 0 Å². The molecule has 7 nitrogen and oxygen atoms in total. The lowest BCUT2D eigenvalue weighted by Crippen LogP contribution is -2.48. The molecule has 1 fully saturated rings. The van der Waals surface area contributed by atoms with Crippen molar-refractivity contribution in [1.82, 2.24) is 15.1 Å². The van der Waals surface area contributed by atoms with E-state index in [2.05, 4.69) is 21.2 Å². The molecule has 1 aliphatic heterocycles. The number of hydrogen-bond acceptors (Lipinski definition) is 4. The topological polar surface area (TPSA) is 86.8 Å². The summed E-state index contributed by atoms with van der Waals surface area (Å²) in [5.41, 5.74) is 0.483. The molecule has 0 aromatic heterocycles. The minimum Gasteiger partial charge on any atom is -0.347 e. The van der Waals surface area contributed by atoms with Gasteiger partial charge in [0, 0.05) is 17.0 Å². The Labute approximate surface area is 167 Å². The largest absolute Gasteiger partial charge is 0.347 e. The first kappa shape index (κ1) is 21.1. The van der Waals surface area contributed by atoms with Gasteiger partial charge in [0.1, 0.15) is 6.04 Å². The highest BCUT2D eigenvalue weighted by molar-refractivity contribution is 9.10. The maximum Gasteiger partial charge on any atom is 0.245 e. The van der Waals surface area contributed by atoms with Crippen LogP contribution in [0.5, 0.6) is 0 Å². The van der Waals surface area contributed by atoms with Crippen molar-refractivity contribution in [2.24, 2.45) is 5.92 Å². The molecule has 8 heteroatoms. The second-order valence-corrected chi connectivity index (χ2v) is 7.68. The number of nitrogens with one attached hydrogen (secondary N) is 1. The van der Waals surface area contributed by atoms with Crippen LogP contribution in [0.15, 0.2) is 28.7 Å². The molecule has 1 atom stereocenters.